The van der Waals surface area contributed by atoms with Gasteiger partial charge in [-0.2, -0.15) is 15.0 Å². The van der Waals surface area contributed by atoms with Crippen LogP contribution in [0.1, 0.15) is 57.0 Å². The number of nitrogens with zero attached hydrogens (tertiary/aromatic N) is 14. The number of amides is 2. The maximum Gasteiger partial charge on any atom is 0.247 e. The topological polar surface area (TPSA) is 277 Å². The molecule has 23 heteroatoms. The van der Waals surface area contributed by atoms with E-state index in [-0.39, 0.29) is 36.8 Å². The zero-order valence-corrected chi connectivity index (χ0v) is 36.9. The normalized spacial score (nSPS) is 15.3. The van der Waals surface area contributed by atoms with E-state index in [1.807, 2.05) is 16.0 Å². The van der Waals surface area contributed by atoms with Crippen LogP contribution in [0.25, 0.3) is 0 Å². The van der Waals surface area contributed by atoms with Gasteiger partial charge in [-0.3, -0.25) is 14.6 Å². The zero-order chi connectivity index (χ0) is 44.8. The van der Waals surface area contributed by atoms with Crippen molar-refractivity contribution in [3.05, 3.63) is 23.8 Å². The molecule has 0 bridgehead atoms. The van der Waals surface area contributed by atoms with E-state index in [1.54, 1.807) is 15.6 Å². The molecule has 3 aromatic rings. The van der Waals surface area contributed by atoms with Gasteiger partial charge >= 0.3 is 0 Å². The maximum absolute atomic E-state index is 14.1. The number of nitrogens with one attached hydrogen (secondary N) is 1. The summed E-state index contributed by atoms with van der Waals surface area (Å²) in [4.78, 5) is 53.8. The summed E-state index contributed by atoms with van der Waals surface area (Å²) in [5.41, 5.74) is 18.1. The van der Waals surface area contributed by atoms with E-state index in [0.717, 1.165) is 37.1 Å². The number of hydrogen-bond donors (Lipinski definition) is 4. The van der Waals surface area contributed by atoms with Crippen LogP contribution in [-0.4, -0.2) is 184 Å². The first-order valence-corrected chi connectivity index (χ1v) is 22.0. The molecule has 0 spiro atoms. The van der Waals surface area contributed by atoms with Gasteiger partial charge < -0.3 is 56.3 Å². The molecule has 2 fully saturated rings. The van der Waals surface area contributed by atoms with Crippen LogP contribution >= 0.6 is 0 Å². The number of terminal acetylenes is 1. The predicted octanol–water partition coefficient (Wildman–Crippen LogP) is -1.08. The fourth-order valence-corrected chi connectivity index (χ4v) is 7.08. The first-order valence-electron chi connectivity index (χ1n) is 22.0. The van der Waals surface area contributed by atoms with E-state index in [2.05, 4.69) is 60.5 Å². The average molecular weight is 879 g/mol. The molecule has 0 aliphatic carbocycles. The molecule has 2 saturated heterocycles. The Hall–Kier alpha value is -5.70. The van der Waals surface area contributed by atoms with Crippen molar-refractivity contribution in [2.24, 2.45) is 28.1 Å². The second-order valence-electron chi connectivity index (χ2n) is 15.4. The minimum atomic E-state index is -0.453. The predicted molar refractivity (Wildman–Crippen MR) is 237 cm³/mol. The number of aryl methyl sites for hydroxylation is 2. The van der Waals surface area contributed by atoms with Gasteiger partial charge in [-0.1, -0.05) is 36.6 Å². The van der Waals surface area contributed by atoms with E-state index >= 15 is 0 Å². The molecule has 2 aliphatic rings. The van der Waals surface area contributed by atoms with Gasteiger partial charge in [0.05, 0.1) is 44.4 Å². The summed E-state index contributed by atoms with van der Waals surface area (Å²) >= 11 is 0. The summed E-state index contributed by atoms with van der Waals surface area (Å²) in [7, 11) is 0. The molecule has 2 atom stereocenters. The highest BCUT2D eigenvalue weighted by Crippen LogP contribution is 2.26. The van der Waals surface area contributed by atoms with Gasteiger partial charge in [0.15, 0.2) is 5.96 Å². The molecule has 63 heavy (non-hydrogen) atoms. The minimum Gasteiger partial charge on any atom is -0.377 e. The summed E-state index contributed by atoms with van der Waals surface area (Å²) in [6.07, 6.45) is 13.7. The monoisotopic (exact) mass is 879 g/mol. The summed E-state index contributed by atoms with van der Waals surface area (Å²) in [5.74, 6) is 3.93. The third-order valence-corrected chi connectivity index (χ3v) is 10.8. The lowest BCUT2D eigenvalue weighted by Crippen LogP contribution is -2.52. The third kappa shape index (κ3) is 15.6. The molecule has 5 heterocycles. The average Bonchev–Trinajstić information content (AvgIpc) is 3.96. The van der Waals surface area contributed by atoms with E-state index in [0.29, 0.717) is 136 Å². The molecule has 2 amide bonds. The van der Waals surface area contributed by atoms with Gasteiger partial charge in [0.25, 0.3) is 0 Å². The van der Waals surface area contributed by atoms with Crippen LogP contribution in [0.2, 0.25) is 0 Å². The Morgan fingerprint density at radius 2 is 1.44 bits per heavy atom. The van der Waals surface area contributed by atoms with E-state index in [4.69, 9.17) is 52.8 Å². The van der Waals surface area contributed by atoms with Gasteiger partial charge in [0.2, 0.25) is 29.7 Å². The SMILES string of the molecule is C#CCOCCOCCOCCNc1nc(N2CCN(C(=O)Cn3cc(CCCN=C(N)N)nn3)CC2)nc(N2CCN(C(=O)[C@H]([C@@H](C)CC)n3cc(CCCCN)nn3)CC2)n1. The number of hydrogen-bond acceptors (Lipinski definition) is 17. The smallest absolute Gasteiger partial charge is 0.247 e. The van der Waals surface area contributed by atoms with E-state index < -0.39 is 6.04 Å². The number of ether oxygens (including phenoxy) is 3. The zero-order valence-electron chi connectivity index (χ0n) is 36.9. The van der Waals surface area contributed by atoms with Crippen LogP contribution in [0.5, 0.6) is 0 Å². The number of guanidine groups is 1. The number of anilines is 3. The van der Waals surface area contributed by atoms with Crippen molar-refractivity contribution in [2.45, 2.75) is 65.0 Å². The van der Waals surface area contributed by atoms with Crippen LogP contribution in [0.4, 0.5) is 17.8 Å². The highest BCUT2D eigenvalue weighted by atomic mass is 16.5. The number of nitrogens with two attached hydrogens (primary N) is 3. The Kier molecular flexibility index (Phi) is 20.0. The van der Waals surface area contributed by atoms with Gasteiger partial charge in [0.1, 0.15) is 19.2 Å². The first-order chi connectivity index (χ1) is 30.7. The molecular formula is C40H66N18O5. The fourth-order valence-electron chi connectivity index (χ4n) is 7.08. The van der Waals surface area contributed by atoms with Crippen LogP contribution in [-0.2, 0) is 43.2 Å². The molecule has 2 aliphatic heterocycles. The van der Waals surface area contributed by atoms with Gasteiger partial charge in [0, 0.05) is 77.8 Å². The standard InChI is InChI=1S/C40H66N18O5/c1-4-22-61-24-26-63-27-25-62-23-13-45-38-46-39(55-18-14-53(15-19-55)34(59)30-57-28-32(49-51-57)10-8-12-44-37(42)43)48-40(47-38)56-20-16-54(17-21-56)36(60)35(31(3)5-2)58-29-33(50-52-58)9-6-7-11-41/h1,28-29,31,35H,5-27,30,41H2,2-3H3,(H4,42,43,44)(H,45,46,47,48)/t31-,35-/m0/s1. The molecule has 0 saturated carbocycles. The number of carbonyl (C=O) groups excluding carboxylic acids is 2. The Balaban J connectivity index is 1.19. The second kappa shape index (κ2) is 26.0. The van der Waals surface area contributed by atoms with Crippen molar-refractivity contribution in [1.82, 2.24) is 54.7 Å². The molecular weight excluding hydrogens is 813 g/mol. The Bertz CT molecular complexity index is 1900. The quantitative estimate of drug-likeness (QED) is 0.0307. The van der Waals surface area contributed by atoms with Crippen molar-refractivity contribution in [3.63, 3.8) is 0 Å². The Labute approximate surface area is 369 Å². The van der Waals surface area contributed by atoms with Crippen LogP contribution < -0.4 is 32.3 Å². The highest BCUT2D eigenvalue weighted by Gasteiger charge is 2.34. The lowest BCUT2D eigenvalue weighted by atomic mass is 9.97. The number of carbonyl (C=O) groups is 2. The minimum absolute atomic E-state index is 0.0277. The molecule has 3 aromatic heterocycles. The van der Waals surface area contributed by atoms with E-state index in [9.17, 15) is 9.59 Å². The van der Waals surface area contributed by atoms with Gasteiger partial charge in [-0.25, -0.2) is 9.36 Å². The Morgan fingerprint density at radius 3 is 2.10 bits per heavy atom. The number of piperazine rings is 2. The molecule has 7 N–H and O–H groups in total. The van der Waals surface area contributed by atoms with Crippen molar-refractivity contribution in [1.29, 1.82) is 0 Å². The number of rotatable bonds is 27. The van der Waals surface area contributed by atoms with Crippen molar-refractivity contribution in [2.75, 3.05) is 127 Å². The largest absolute Gasteiger partial charge is 0.377 e. The summed E-state index contributed by atoms with van der Waals surface area (Å²) in [5, 5.41) is 20.4. The van der Waals surface area contributed by atoms with Crippen LogP contribution in [0, 0.1) is 18.3 Å². The summed E-state index contributed by atoms with van der Waals surface area (Å²) in [6, 6.07) is -0.453. The molecule has 346 valence electrons. The van der Waals surface area contributed by atoms with Gasteiger partial charge in [-0.05, 0) is 44.6 Å². The molecule has 23 nitrogen and oxygen atoms in total. The number of aliphatic imine (C=N–C) groups is 1. The molecule has 0 aromatic carbocycles. The van der Waals surface area contributed by atoms with Crippen LogP contribution in [0.3, 0.4) is 0 Å². The molecule has 0 unspecified atom stereocenters. The lowest BCUT2D eigenvalue weighted by Gasteiger charge is -2.38. The second-order valence-corrected chi connectivity index (χ2v) is 15.4. The van der Waals surface area contributed by atoms with Gasteiger partial charge in [-0.15, -0.1) is 16.6 Å². The molecule has 5 rings (SSSR count). The summed E-state index contributed by atoms with van der Waals surface area (Å²) in [6.45, 7) is 12.3. The Morgan fingerprint density at radius 1 is 0.825 bits per heavy atom. The third-order valence-electron chi connectivity index (χ3n) is 10.8. The lowest BCUT2D eigenvalue weighted by molar-refractivity contribution is -0.137. The molecule has 0 radical (unpaired) electrons. The number of unbranched alkanes of at least 4 members (excludes halogenated alkanes) is 1. The highest BCUT2D eigenvalue weighted by molar-refractivity contribution is 5.81. The van der Waals surface area contributed by atoms with Crippen LogP contribution in [0.15, 0.2) is 17.4 Å². The summed E-state index contributed by atoms with van der Waals surface area (Å²) < 4.78 is 19.8. The van der Waals surface area contributed by atoms with Crippen molar-refractivity contribution >= 4 is 35.6 Å². The van der Waals surface area contributed by atoms with Crippen molar-refractivity contribution in [3.8, 4) is 12.3 Å². The maximum atomic E-state index is 14.1. The number of aromatic nitrogens is 9. The fraction of sp³-hybridized carbons (Fsp3) is 0.700. The van der Waals surface area contributed by atoms with E-state index in [1.165, 1.54) is 0 Å². The van der Waals surface area contributed by atoms with Crippen molar-refractivity contribution < 1.29 is 23.8 Å². The first kappa shape index (κ1) is 48.3.